The number of ether oxygens (including phenoxy) is 1. The lowest BCUT2D eigenvalue weighted by molar-refractivity contribution is -0.122. The Kier molecular flexibility index (Phi) is 5.05. The number of hydrogen-bond acceptors (Lipinski definition) is 3. The van der Waals surface area contributed by atoms with Gasteiger partial charge in [0.1, 0.15) is 5.75 Å². The number of nitrogens with two attached hydrogens (primary N) is 1. The van der Waals surface area contributed by atoms with E-state index in [4.69, 9.17) is 10.5 Å². The van der Waals surface area contributed by atoms with Gasteiger partial charge in [-0.3, -0.25) is 4.79 Å². The number of benzene rings is 1. The average molecular weight is 341 g/mol. The molecule has 5 heteroatoms. The van der Waals surface area contributed by atoms with Gasteiger partial charge in [0.05, 0.1) is 12.6 Å². The first-order valence-corrected chi connectivity index (χ1v) is 7.74. The molecule has 1 atom stereocenters. The second-order valence-electron chi connectivity index (χ2n) is 5.61. The summed E-state index contributed by atoms with van der Waals surface area (Å²) in [6.07, 6.45) is 1.61. The Hall–Kier alpha value is -1.07. The Labute approximate surface area is 128 Å². The van der Waals surface area contributed by atoms with Gasteiger partial charge in [0, 0.05) is 23.0 Å². The van der Waals surface area contributed by atoms with Crippen molar-refractivity contribution in [3.63, 3.8) is 0 Å². The lowest BCUT2D eigenvalue weighted by Gasteiger charge is -2.15. The largest absolute Gasteiger partial charge is 0.493 e. The summed E-state index contributed by atoms with van der Waals surface area (Å²) in [5.74, 6) is 1.21. The Morgan fingerprint density at radius 3 is 2.95 bits per heavy atom. The molecule has 0 spiro atoms. The molecule has 3 N–H and O–H groups in total. The van der Waals surface area contributed by atoms with E-state index >= 15 is 0 Å². The maximum absolute atomic E-state index is 11.9. The highest BCUT2D eigenvalue weighted by molar-refractivity contribution is 9.10. The number of amides is 1. The number of halogens is 1. The molecular weight excluding hydrogens is 320 g/mol. The van der Waals surface area contributed by atoms with Crippen molar-refractivity contribution < 1.29 is 9.53 Å². The Balaban J connectivity index is 1.99. The van der Waals surface area contributed by atoms with Crippen molar-refractivity contribution in [3.05, 3.63) is 27.7 Å². The smallest absolute Gasteiger partial charge is 0.237 e. The maximum Gasteiger partial charge on any atom is 0.237 e. The van der Waals surface area contributed by atoms with Gasteiger partial charge < -0.3 is 15.8 Å². The molecule has 1 aliphatic heterocycles. The van der Waals surface area contributed by atoms with Gasteiger partial charge in [-0.15, -0.1) is 0 Å². The molecule has 0 saturated heterocycles. The minimum Gasteiger partial charge on any atom is -0.493 e. The molecule has 1 aliphatic rings. The fourth-order valence-corrected chi connectivity index (χ4v) is 2.96. The van der Waals surface area contributed by atoms with Gasteiger partial charge in [-0.2, -0.15) is 0 Å². The summed E-state index contributed by atoms with van der Waals surface area (Å²) >= 11 is 3.49. The lowest BCUT2D eigenvalue weighted by Crippen LogP contribution is -2.41. The fourth-order valence-electron chi connectivity index (χ4n) is 2.41. The van der Waals surface area contributed by atoms with Crippen LogP contribution in [0.25, 0.3) is 0 Å². The summed E-state index contributed by atoms with van der Waals surface area (Å²) in [5.41, 5.74) is 8.06. The molecule has 110 valence electrons. The number of carbonyl (C=O) groups excluding carboxylic acids is 1. The summed E-state index contributed by atoms with van der Waals surface area (Å²) in [7, 11) is 0. The van der Waals surface area contributed by atoms with Crippen LogP contribution < -0.4 is 15.8 Å². The number of nitrogens with one attached hydrogen (secondary N) is 1. The van der Waals surface area contributed by atoms with Crippen LogP contribution in [0, 0.1) is 5.92 Å². The SMILES string of the molecule is CC(C)CC(N)C(=O)NCc1cc(Br)cc2c1OCC2. The fraction of sp³-hybridized carbons (Fsp3) is 0.533. The molecule has 4 nitrogen and oxygen atoms in total. The zero-order valence-electron chi connectivity index (χ0n) is 11.9. The highest BCUT2D eigenvalue weighted by Gasteiger charge is 2.19. The number of fused-ring (bicyclic) bond motifs is 1. The first kappa shape index (κ1) is 15.3. The van der Waals surface area contributed by atoms with Crippen molar-refractivity contribution in [2.45, 2.75) is 39.3 Å². The zero-order chi connectivity index (χ0) is 14.7. The van der Waals surface area contributed by atoms with Crippen LogP contribution in [-0.2, 0) is 17.8 Å². The van der Waals surface area contributed by atoms with Gasteiger partial charge in [0.2, 0.25) is 5.91 Å². The molecule has 1 heterocycles. The number of rotatable bonds is 5. The quantitative estimate of drug-likeness (QED) is 0.864. The molecule has 1 aromatic carbocycles. The summed E-state index contributed by atoms with van der Waals surface area (Å²) in [5, 5.41) is 2.90. The van der Waals surface area contributed by atoms with Gasteiger partial charge >= 0.3 is 0 Å². The van der Waals surface area contributed by atoms with Gasteiger partial charge in [0.15, 0.2) is 0 Å². The van der Waals surface area contributed by atoms with Crippen LogP contribution in [0.3, 0.4) is 0 Å². The normalized spacial score (nSPS) is 14.8. The van der Waals surface area contributed by atoms with Crippen LogP contribution in [-0.4, -0.2) is 18.6 Å². The van der Waals surface area contributed by atoms with E-state index in [9.17, 15) is 4.79 Å². The maximum atomic E-state index is 11.9. The Morgan fingerprint density at radius 1 is 1.50 bits per heavy atom. The second-order valence-corrected chi connectivity index (χ2v) is 6.52. The van der Waals surface area contributed by atoms with Crippen LogP contribution in [0.15, 0.2) is 16.6 Å². The van der Waals surface area contributed by atoms with Crippen LogP contribution in [0.2, 0.25) is 0 Å². The van der Waals surface area contributed by atoms with Gasteiger partial charge in [-0.25, -0.2) is 0 Å². The molecule has 0 bridgehead atoms. The van der Waals surface area contributed by atoms with Crippen molar-refractivity contribution in [3.8, 4) is 5.75 Å². The summed E-state index contributed by atoms with van der Waals surface area (Å²) in [4.78, 5) is 11.9. The van der Waals surface area contributed by atoms with Gasteiger partial charge in [-0.05, 0) is 30.0 Å². The molecule has 0 fully saturated rings. The lowest BCUT2D eigenvalue weighted by atomic mass is 10.0. The van der Waals surface area contributed by atoms with Crippen LogP contribution in [0.1, 0.15) is 31.4 Å². The number of hydrogen-bond donors (Lipinski definition) is 2. The van der Waals surface area contributed by atoms with Crippen molar-refractivity contribution in [1.82, 2.24) is 5.32 Å². The Bertz CT molecular complexity index is 503. The van der Waals surface area contributed by atoms with E-state index in [0.717, 1.165) is 22.2 Å². The van der Waals surface area contributed by atoms with E-state index in [1.807, 2.05) is 6.07 Å². The van der Waals surface area contributed by atoms with E-state index in [0.29, 0.717) is 25.5 Å². The molecule has 0 saturated carbocycles. The van der Waals surface area contributed by atoms with E-state index in [2.05, 4.69) is 41.2 Å². The van der Waals surface area contributed by atoms with Crippen LogP contribution in [0.4, 0.5) is 0 Å². The predicted octanol–water partition coefficient (Wildman–Crippen LogP) is 2.37. The minimum atomic E-state index is -0.448. The molecule has 20 heavy (non-hydrogen) atoms. The number of carbonyl (C=O) groups is 1. The van der Waals surface area contributed by atoms with Crippen molar-refractivity contribution >= 4 is 21.8 Å². The van der Waals surface area contributed by atoms with E-state index < -0.39 is 6.04 Å². The molecule has 2 rings (SSSR count). The standard InChI is InChI=1S/C15H21BrN2O2/c1-9(2)5-13(17)15(19)18-8-11-7-12(16)6-10-3-4-20-14(10)11/h6-7,9,13H,3-5,8,17H2,1-2H3,(H,18,19). The Morgan fingerprint density at radius 2 is 2.25 bits per heavy atom. The van der Waals surface area contributed by atoms with E-state index in [-0.39, 0.29) is 5.91 Å². The highest BCUT2D eigenvalue weighted by atomic mass is 79.9. The van der Waals surface area contributed by atoms with Gasteiger partial charge in [0.25, 0.3) is 0 Å². The zero-order valence-corrected chi connectivity index (χ0v) is 13.5. The third-order valence-electron chi connectivity index (χ3n) is 3.34. The van der Waals surface area contributed by atoms with Crippen molar-refractivity contribution in [2.24, 2.45) is 11.7 Å². The molecule has 1 amide bonds. The third kappa shape index (κ3) is 3.73. The van der Waals surface area contributed by atoms with E-state index in [1.54, 1.807) is 0 Å². The van der Waals surface area contributed by atoms with Crippen LogP contribution in [0.5, 0.6) is 5.75 Å². The molecule has 1 aromatic rings. The van der Waals surface area contributed by atoms with Crippen molar-refractivity contribution in [1.29, 1.82) is 0 Å². The summed E-state index contributed by atoms with van der Waals surface area (Å²) in [6.45, 7) is 5.27. The molecule has 0 aliphatic carbocycles. The van der Waals surface area contributed by atoms with Crippen LogP contribution >= 0.6 is 15.9 Å². The van der Waals surface area contributed by atoms with Gasteiger partial charge in [-0.1, -0.05) is 29.8 Å². The predicted molar refractivity (Wildman–Crippen MR) is 82.6 cm³/mol. The average Bonchev–Trinajstić information content (AvgIpc) is 2.82. The van der Waals surface area contributed by atoms with E-state index in [1.165, 1.54) is 5.56 Å². The summed E-state index contributed by atoms with van der Waals surface area (Å²) < 4.78 is 6.65. The monoisotopic (exact) mass is 340 g/mol. The molecule has 0 radical (unpaired) electrons. The molecule has 1 unspecified atom stereocenters. The third-order valence-corrected chi connectivity index (χ3v) is 3.80. The highest BCUT2D eigenvalue weighted by Crippen LogP contribution is 2.32. The van der Waals surface area contributed by atoms with Crippen molar-refractivity contribution in [2.75, 3.05) is 6.61 Å². The topological polar surface area (TPSA) is 64.4 Å². The first-order chi connectivity index (χ1) is 9.47. The molecule has 0 aromatic heterocycles. The summed E-state index contributed by atoms with van der Waals surface area (Å²) in [6, 6.07) is 3.60. The minimum absolute atomic E-state index is 0.106. The first-order valence-electron chi connectivity index (χ1n) is 6.94. The molecular formula is C15H21BrN2O2. The second kappa shape index (κ2) is 6.59.